The smallest absolute Gasteiger partial charge is 0.0297 e. The minimum absolute atomic E-state index is 0.240. The van der Waals surface area contributed by atoms with Gasteiger partial charge >= 0.3 is 0 Å². The molecule has 1 unspecified atom stereocenters. The quantitative estimate of drug-likeness (QED) is 0.825. The van der Waals surface area contributed by atoms with Gasteiger partial charge in [0.15, 0.2) is 0 Å². The van der Waals surface area contributed by atoms with Crippen molar-refractivity contribution in [3.63, 3.8) is 0 Å². The molecule has 1 saturated carbocycles. The Labute approximate surface area is 105 Å². The van der Waals surface area contributed by atoms with Gasteiger partial charge in [-0.2, -0.15) is 0 Å². The standard InChI is InChI=1S/C16H25N/c1-2-13-8-10-15(11-9-13)16(17)12-14-6-4-3-5-7-14/h8-11,14,16H,2-7,12,17H2,1H3. The van der Waals surface area contributed by atoms with Crippen LogP contribution in [0.2, 0.25) is 0 Å². The van der Waals surface area contributed by atoms with Gasteiger partial charge in [-0.15, -0.1) is 0 Å². The van der Waals surface area contributed by atoms with Crippen LogP contribution >= 0.6 is 0 Å². The van der Waals surface area contributed by atoms with Crippen LogP contribution in [-0.4, -0.2) is 0 Å². The van der Waals surface area contributed by atoms with Gasteiger partial charge in [0.05, 0.1) is 0 Å². The molecule has 1 atom stereocenters. The third-order valence-corrected chi connectivity index (χ3v) is 4.13. The molecule has 1 aliphatic rings. The van der Waals surface area contributed by atoms with Crippen LogP contribution in [0.15, 0.2) is 24.3 Å². The molecule has 0 spiro atoms. The lowest BCUT2D eigenvalue weighted by atomic mass is 9.83. The fourth-order valence-corrected chi connectivity index (χ4v) is 2.92. The Morgan fingerprint density at radius 2 is 1.76 bits per heavy atom. The molecular formula is C16H25N. The summed E-state index contributed by atoms with van der Waals surface area (Å²) in [4.78, 5) is 0. The Morgan fingerprint density at radius 3 is 2.35 bits per heavy atom. The normalized spacial score (nSPS) is 19.2. The maximum Gasteiger partial charge on any atom is 0.0297 e. The molecule has 0 radical (unpaired) electrons. The number of rotatable bonds is 4. The monoisotopic (exact) mass is 231 g/mol. The first kappa shape index (κ1) is 12.6. The Balaban J connectivity index is 1.91. The van der Waals surface area contributed by atoms with Crippen LogP contribution in [0.5, 0.6) is 0 Å². The molecule has 0 bridgehead atoms. The van der Waals surface area contributed by atoms with Gasteiger partial charge in [-0.3, -0.25) is 0 Å². The second-order valence-corrected chi connectivity index (χ2v) is 5.44. The molecule has 1 fully saturated rings. The van der Waals surface area contributed by atoms with Crippen molar-refractivity contribution in [3.05, 3.63) is 35.4 Å². The number of benzene rings is 1. The van der Waals surface area contributed by atoms with Crippen molar-refractivity contribution in [1.29, 1.82) is 0 Å². The Bertz CT molecular complexity index is 322. The van der Waals surface area contributed by atoms with Gasteiger partial charge in [0.1, 0.15) is 0 Å². The predicted molar refractivity (Wildman–Crippen MR) is 73.9 cm³/mol. The first-order chi connectivity index (χ1) is 8.29. The molecular weight excluding hydrogens is 206 g/mol. The van der Waals surface area contributed by atoms with E-state index in [1.54, 1.807) is 0 Å². The highest BCUT2D eigenvalue weighted by Gasteiger charge is 2.17. The number of nitrogens with two attached hydrogens (primary N) is 1. The minimum atomic E-state index is 0.240. The zero-order chi connectivity index (χ0) is 12.1. The number of aryl methyl sites for hydroxylation is 1. The fourth-order valence-electron chi connectivity index (χ4n) is 2.92. The average molecular weight is 231 g/mol. The first-order valence-electron chi connectivity index (χ1n) is 7.14. The van der Waals surface area contributed by atoms with Gasteiger partial charge in [-0.25, -0.2) is 0 Å². The molecule has 1 aliphatic carbocycles. The molecule has 2 rings (SSSR count). The third kappa shape index (κ3) is 3.57. The van der Waals surface area contributed by atoms with Crippen LogP contribution in [0.3, 0.4) is 0 Å². The maximum absolute atomic E-state index is 6.32. The van der Waals surface area contributed by atoms with E-state index in [4.69, 9.17) is 5.73 Å². The second kappa shape index (κ2) is 6.20. The summed E-state index contributed by atoms with van der Waals surface area (Å²) in [6.07, 6.45) is 9.31. The Kier molecular flexibility index (Phi) is 4.61. The van der Waals surface area contributed by atoms with Gasteiger partial charge in [0.2, 0.25) is 0 Å². The van der Waals surface area contributed by atoms with Gasteiger partial charge in [0, 0.05) is 6.04 Å². The first-order valence-corrected chi connectivity index (χ1v) is 7.14. The molecule has 94 valence electrons. The summed E-state index contributed by atoms with van der Waals surface area (Å²) in [5, 5.41) is 0. The summed E-state index contributed by atoms with van der Waals surface area (Å²) in [7, 11) is 0. The van der Waals surface area contributed by atoms with Gasteiger partial charge < -0.3 is 5.73 Å². The summed E-state index contributed by atoms with van der Waals surface area (Å²) in [5.41, 5.74) is 9.03. The molecule has 0 aliphatic heterocycles. The third-order valence-electron chi connectivity index (χ3n) is 4.13. The van der Waals surface area contributed by atoms with Crippen LogP contribution in [0.1, 0.15) is 62.6 Å². The number of hydrogen-bond acceptors (Lipinski definition) is 1. The second-order valence-electron chi connectivity index (χ2n) is 5.44. The summed E-state index contributed by atoms with van der Waals surface area (Å²) < 4.78 is 0. The summed E-state index contributed by atoms with van der Waals surface area (Å²) in [5.74, 6) is 0.865. The lowest BCUT2D eigenvalue weighted by molar-refractivity contribution is 0.319. The highest BCUT2D eigenvalue weighted by atomic mass is 14.6. The van der Waals surface area contributed by atoms with Crippen molar-refractivity contribution < 1.29 is 0 Å². The van der Waals surface area contributed by atoms with Crippen molar-refractivity contribution in [2.24, 2.45) is 11.7 Å². The van der Waals surface area contributed by atoms with E-state index in [1.807, 2.05) is 0 Å². The van der Waals surface area contributed by atoms with Gasteiger partial charge in [-0.05, 0) is 29.9 Å². The van der Waals surface area contributed by atoms with Crippen LogP contribution in [0, 0.1) is 5.92 Å². The van der Waals surface area contributed by atoms with E-state index < -0.39 is 0 Å². The summed E-state index contributed by atoms with van der Waals surface area (Å²) in [6, 6.07) is 9.11. The maximum atomic E-state index is 6.32. The predicted octanol–water partition coefficient (Wildman–Crippen LogP) is 4.22. The molecule has 1 nitrogen and oxygen atoms in total. The molecule has 0 amide bonds. The molecule has 2 N–H and O–H groups in total. The van der Waals surface area contributed by atoms with Crippen LogP contribution in [0.25, 0.3) is 0 Å². The van der Waals surface area contributed by atoms with E-state index >= 15 is 0 Å². The molecule has 17 heavy (non-hydrogen) atoms. The van der Waals surface area contributed by atoms with Crippen molar-refractivity contribution >= 4 is 0 Å². The van der Waals surface area contributed by atoms with Crippen LogP contribution < -0.4 is 5.73 Å². The summed E-state index contributed by atoms with van der Waals surface area (Å²) in [6.45, 7) is 2.19. The highest BCUT2D eigenvalue weighted by Crippen LogP contribution is 2.30. The topological polar surface area (TPSA) is 26.0 Å². The number of hydrogen-bond donors (Lipinski definition) is 1. The largest absolute Gasteiger partial charge is 0.324 e. The van der Waals surface area contributed by atoms with E-state index in [-0.39, 0.29) is 6.04 Å². The van der Waals surface area contributed by atoms with Crippen LogP contribution in [-0.2, 0) is 6.42 Å². The van der Waals surface area contributed by atoms with E-state index in [9.17, 15) is 0 Å². The molecule has 1 aromatic carbocycles. The fraction of sp³-hybridized carbons (Fsp3) is 0.625. The van der Waals surface area contributed by atoms with Crippen molar-refractivity contribution in [3.8, 4) is 0 Å². The molecule has 1 heteroatoms. The molecule has 0 aromatic heterocycles. The van der Waals surface area contributed by atoms with Gasteiger partial charge in [0.25, 0.3) is 0 Å². The SMILES string of the molecule is CCc1ccc(C(N)CC2CCCCC2)cc1. The minimum Gasteiger partial charge on any atom is -0.324 e. The Hall–Kier alpha value is -0.820. The lowest BCUT2D eigenvalue weighted by Gasteiger charge is -2.24. The lowest BCUT2D eigenvalue weighted by Crippen LogP contribution is -2.17. The van der Waals surface area contributed by atoms with E-state index in [2.05, 4.69) is 31.2 Å². The van der Waals surface area contributed by atoms with Crippen molar-refractivity contribution in [1.82, 2.24) is 0 Å². The zero-order valence-corrected chi connectivity index (χ0v) is 11.0. The van der Waals surface area contributed by atoms with Crippen molar-refractivity contribution in [2.45, 2.75) is 57.9 Å². The highest BCUT2D eigenvalue weighted by molar-refractivity contribution is 5.24. The molecule has 0 heterocycles. The zero-order valence-electron chi connectivity index (χ0n) is 11.0. The van der Waals surface area contributed by atoms with E-state index in [0.717, 1.165) is 12.3 Å². The van der Waals surface area contributed by atoms with Crippen LogP contribution in [0.4, 0.5) is 0 Å². The van der Waals surface area contributed by atoms with Crippen molar-refractivity contribution in [2.75, 3.05) is 0 Å². The summed E-state index contributed by atoms with van der Waals surface area (Å²) >= 11 is 0. The molecule has 0 saturated heterocycles. The average Bonchev–Trinajstić information content (AvgIpc) is 2.40. The van der Waals surface area contributed by atoms with Gasteiger partial charge in [-0.1, -0.05) is 63.3 Å². The Morgan fingerprint density at radius 1 is 1.12 bits per heavy atom. The molecule has 1 aromatic rings. The van der Waals surface area contributed by atoms with E-state index in [0.29, 0.717) is 0 Å². The van der Waals surface area contributed by atoms with E-state index in [1.165, 1.54) is 49.7 Å².